The molecule has 2 aliphatic rings. The van der Waals surface area contributed by atoms with E-state index < -0.39 is 10.0 Å². The van der Waals surface area contributed by atoms with Crippen molar-refractivity contribution in [2.45, 2.75) is 42.9 Å². The molecule has 1 aromatic heterocycles. The molecule has 2 heterocycles. The number of sulfonamides is 1. The summed E-state index contributed by atoms with van der Waals surface area (Å²) in [6, 6.07) is 9.15. The molecule has 2 N–H and O–H groups in total. The van der Waals surface area contributed by atoms with Crippen molar-refractivity contribution in [3.8, 4) is 0 Å². The molecule has 6 nitrogen and oxygen atoms in total. The quantitative estimate of drug-likeness (QED) is 0.801. The normalized spacial score (nSPS) is 17.0. The maximum absolute atomic E-state index is 12.6. The van der Waals surface area contributed by atoms with Crippen molar-refractivity contribution in [2.24, 2.45) is 0 Å². The fourth-order valence-electron chi connectivity index (χ4n) is 3.64. The second kappa shape index (κ2) is 7.61. The van der Waals surface area contributed by atoms with Crippen molar-refractivity contribution in [1.29, 1.82) is 0 Å². The van der Waals surface area contributed by atoms with E-state index >= 15 is 0 Å². The average Bonchev–Trinajstić information content (AvgIpc) is 3.40. The van der Waals surface area contributed by atoms with E-state index in [-0.39, 0.29) is 6.03 Å². The first-order chi connectivity index (χ1) is 13.0. The molecule has 0 saturated carbocycles. The minimum atomic E-state index is -3.39. The summed E-state index contributed by atoms with van der Waals surface area (Å²) in [5.41, 5.74) is 3.46. The van der Waals surface area contributed by atoms with Crippen LogP contribution in [0.25, 0.3) is 0 Å². The lowest BCUT2D eigenvalue weighted by atomic mass is 10.1. The Bertz CT molecular complexity index is 947. The zero-order valence-electron chi connectivity index (χ0n) is 15.0. The number of nitrogens with one attached hydrogen (secondary N) is 2. The number of aryl methyl sites for hydroxylation is 2. The van der Waals surface area contributed by atoms with Crippen molar-refractivity contribution >= 4 is 33.1 Å². The molecule has 27 heavy (non-hydrogen) atoms. The summed E-state index contributed by atoms with van der Waals surface area (Å²) in [6.45, 7) is 1.49. The van der Waals surface area contributed by atoms with E-state index in [2.05, 4.69) is 16.7 Å². The Labute approximate surface area is 163 Å². The Morgan fingerprint density at radius 2 is 1.81 bits per heavy atom. The van der Waals surface area contributed by atoms with Crippen molar-refractivity contribution in [3.05, 3.63) is 46.3 Å². The number of amides is 2. The van der Waals surface area contributed by atoms with Crippen LogP contribution in [0.15, 0.2) is 34.5 Å². The van der Waals surface area contributed by atoms with Gasteiger partial charge in [0.2, 0.25) is 0 Å². The van der Waals surface area contributed by atoms with Crippen LogP contribution in [-0.2, 0) is 29.4 Å². The molecule has 4 rings (SSSR count). The van der Waals surface area contributed by atoms with Gasteiger partial charge in [0, 0.05) is 23.7 Å². The third kappa shape index (κ3) is 4.02. The maximum atomic E-state index is 12.6. The van der Waals surface area contributed by atoms with E-state index in [1.54, 1.807) is 12.1 Å². The van der Waals surface area contributed by atoms with Gasteiger partial charge in [-0.05, 0) is 67.5 Å². The molecule has 1 aliphatic heterocycles. The zero-order chi connectivity index (χ0) is 18.9. The number of rotatable bonds is 5. The molecule has 1 fully saturated rings. The number of hydrogen-bond donors (Lipinski definition) is 2. The van der Waals surface area contributed by atoms with E-state index in [1.165, 1.54) is 33.2 Å². The van der Waals surface area contributed by atoms with Crippen LogP contribution >= 0.6 is 11.3 Å². The van der Waals surface area contributed by atoms with Gasteiger partial charge < -0.3 is 10.6 Å². The molecular formula is C19H23N3O3S2. The van der Waals surface area contributed by atoms with Gasteiger partial charge in [-0.2, -0.15) is 4.31 Å². The van der Waals surface area contributed by atoms with Gasteiger partial charge in [-0.3, -0.25) is 0 Å². The first-order valence-corrected chi connectivity index (χ1v) is 11.5. The zero-order valence-corrected chi connectivity index (χ0v) is 16.7. The highest BCUT2D eigenvalue weighted by Gasteiger charge is 2.28. The Morgan fingerprint density at radius 1 is 1.04 bits per heavy atom. The molecule has 0 unspecified atom stereocenters. The summed E-state index contributed by atoms with van der Waals surface area (Å²) in [7, 11) is -3.39. The van der Waals surface area contributed by atoms with Crippen LogP contribution < -0.4 is 10.6 Å². The standard InChI is InChI=1S/C19H23N3O3S2/c23-19(21-16-7-6-14-4-3-5-15(14)12-16)20-13-17-8-9-18(26-17)27(24,25)22-10-1-2-11-22/h6-9,12H,1-5,10-11,13H2,(H2,20,21,23). The minimum Gasteiger partial charge on any atom is -0.333 e. The van der Waals surface area contributed by atoms with Gasteiger partial charge in [-0.15, -0.1) is 11.3 Å². The number of nitrogens with zero attached hydrogens (tertiary/aromatic N) is 1. The lowest BCUT2D eigenvalue weighted by molar-refractivity contribution is 0.252. The van der Waals surface area contributed by atoms with Crippen LogP contribution in [0.5, 0.6) is 0 Å². The smallest absolute Gasteiger partial charge is 0.319 e. The van der Waals surface area contributed by atoms with E-state index in [0.717, 1.165) is 36.2 Å². The number of hydrogen-bond acceptors (Lipinski definition) is 4. The first kappa shape index (κ1) is 18.5. The van der Waals surface area contributed by atoms with Gasteiger partial charge in [-0.1, -0.05) is 6.07 Å². The summed E-state index contributed by atoms with van der Waals surface area (Å²) in [5, 5.41) is 5.65. The van der Waals surface area contributed by atoms with Gasteiger partial charge in [0.1, 0.15) is 4.21 Å². The predicted octanol–water partition coefficient (Wildman–Crippen LogP) is 3.34. The monoisotopic (exact) mass is 405 g/mol. The Kier molecular flexibility index (Phi) is 5.21. The lowest BCUT2D eigenvalue weighted by Crippen LogP contribution is -2.28. The van der Waals surface area contributed by atoms with E-state index in [1.807, 2.05) is 12.1 Å². The predicted molar refractivity (Wildman–Crippen MR) is 107 cm³/mol. The summed E-state index contributed by atoms with van der Waals surface area (Å²) in [5.74, 6) is 0. The van der Waals surface area contributed by atoms with Crippen LogP contribution in [0.4, 0.5) is 10.5 Å². The number of thiophene rings is 1. The number of carbonyl (C=O) groups excluding carboxylic acids is 1. The van der Waals surface area contributed by atoms with E-state index in [9.17, 15) is 13.2 Å². The third-order valence-electron chi connectivity index (χ3n) is 5.08. The molecule has 1 saturated heterocycles. The molecule has 1 aliphatic carbocycles. The fourth-order valence-corrected chi connectivity index (χ4v) is 6.61. The number of benzene rings is 1. The van der Waals surface area contributed by atoms with E-state index in [4.69, 9.17) is 0 Å². The molecular weight excluding hydrogens is 382 g/mol. The summed E-state index contributed by atoms with van der Waals surface area (Å²) >= 11 is 1.22. The minimum absolute atomic E-state index is 0.287. The van der Waals surface area contributed by atoms with Gasteiger partial charge in [-0.25, -0.2) is 13.2 Å². The lowest BCUT2D eigenvalue weighted by Gasteiger charge is -2.13. The summed E-state index contributed by atoms with van der Waals surface area (Å²) in [4.78, 5) is 13.0. The number of carbonyl (C=O) groups is 1. The average molecular weight is 406 g/mol. The van der Waals surface area contributed by atoms with Gasteiger partial charge >= 0.3 is 6.03 Å². The van der Waals surface area contributed by atoms with Crippen molar-refractivity contribution < 1.29 is 13.2 Å². The highest BCUT2D eigenvalue weighted by Crippen LogP contribution is 2.27. The maximum Gasteiger partial charge on any atom is 0.319 e. The molecule has 144 valence electrons. The highest BCUT2D eigenvalue weighted by molar-refractivity contribution is 7.91. The van der Waals surface area contributed by atoms with Crippen molar-refractivity contribution in [1.82, 2.24) is 9.62 Å². The van der Waals surface area contributed by atoms with Crippen LogP contribution in [-0.4, -0.2) is 31.8 Å². The van der Waals surface area contributed by atoms with Crippen LogP contribution in [0.1, 0.15) is 35.3 Å². The highest BCUT2D eigenvalue weighted by atomic mass is 32.2. The largest absolute Gasteiger partial charge is 0.333 e. The number of urea groups is 1. The van der Waals surface area contributed by atoms with Gasteiger partial charge in [0.05, 0.1) is 6.54 Å². The fraction of sp³-hybridized carbons (Fsp3) is 0.421. The second-order valence-electron chi connectivity index (χ2n) is 6.98. The Balaban J connectivity index is 1.34. The molecule has 1 aromatic carbocycles. The molecule has 2 amide bonds. The molecule has 0 bridgehead atoms. The SMILES string of the molecule is O=C(NCc1ccc(S(=O)(=O)N2CCCC2)s1)Nc1ccc2c(c1)CCC2. The topological polar surface area (TPSA) is 78.5 Å². The van der Waals surface area contributed by atoms with Crippen LogP contribution in [0.2, 0.25) is 0 Å². The van der Waals surface area contributed by atoms with Gasteiger partial charge in [0.15, 0.2) is 0 Å². The second-order valence-corrected chi connectivity index (χ2v) is 10.3. The molecule has 8 heteroatoms. The van der Waals surface area contributed by atoms with Crippen molar-refractivity contribution in [2.75, 3.05) is 18.4 Å². The van der Waals surface area contributed by atoms with Crippen molar-refractivity contribution in [3.63, 3.8) is 0 Å². The molecule has 2 aromatic rings. The van der Waals surface area contributed by atoms with E-state index in [0.29, 0.717) is 23.8 Å². The molecule has 0 radical (unpaired) electrons. The summed E-state index contributed by atoms with van der Waals surface area (Å²) < 4.78 is 27.0. The number of anilines is 1. The van der Waals surface area contributed by atoms with Crippen LogP contribution in [0.3, 0.4) is 0 Å². The Hall–Kier alpha value is -1.90. The first-order valence-electron chi connectivity index (χ1n) is 9.28. The number of fused-ring (bicyclic) bond motifs is 1. The van der Waals surface area contributed by atoms with Gasteiger partial charge in [0.25, 0.3) is 10.0 Å². The molecule has 0 spiro atoms. The molecule has 0 atom stereocenters. The Morgan fingerprint density at radius 3 is 2.63 bits per heavy atom. The third-order valence-corrected chi connectivity index (χ3v) is 8.53. The summed E-state index contributed by atoms with van der Waals surface area (Å²) in [6.07, 6.45) is 5.19. The van der Waals surface area contributed by atoms with Crippen LogP contribution in [0, 0.1) is 0 Å².